The maximum Gasteiger partial charge on any atom is 0.239 e. The summed E-state index contributed by atoms with van der Waals surface area (Å²) in [5.41, 5.74) is 1.81. The van der Waals surface area contributed by atoms with Crippen molar-refractivity contribution < 1.29 is 9.53 Å². The molecule has 1 aromatic rings. The van der Waals surface area contributed by atoms with E-state index in [2.05, 4.69) is 10.3 Å². The van der Waals surface area contributed by atoms with Crippen LogP contribution in [-0.2, 0) is 11.3 Å². The normalized spacial score (nSPS) is 16.2. The number of carbonyl (C=O) groups excluding carboxylic acids is 1. The molecular formula is C15H23N3O2. The lowest BCUT2D eigenvalue weighted by molar-refractivity contribution is -0.131. The monoisotopic (exact) mass is 277 g/mol. The summed E-state index contributed by atoms with van der Waals surface area (Å²) in [5, 5.41) is 3.24. The fraction of sp³-hybridized carbons (Fsp3) is 0.600. The molecule has 0 bridgehead atoms. The fourth-order valence-corrected chi connectivity index (χ4v) is 2.47. The third kappa shape index (κ3) is 3.70. The topological polar surface area (TPSA) is 54.5 Å². The zero-order chi connectivity index (χ0) is 14.5. The van der Waals surface area contributed by atoms with Gasteiger partial charge < -0.3 is 15.0 Å². The Kier molecular flexibility index (Phi) is 4.95. The van der Waals surface area contributed by atoms with Crippen molar-refractivity contribution in [3.8, 4) is 5.75 Å². The van der Waals surface area contributed by atoms with Crippen molar-refractivity contribution in [2.24, 2.45) is 0 Å². The number of likely N-dealkylation sites (tertiary alicyclic amines) is 1. The smallest absolute Gasteiger partial charge is 0.239 e. The lowest BCUT2D eigenvalue weighted by Gasteiger charge is -2.21. The quantitative estimate of drug-likeness (QED) is 0.886. The predicted octanol–water partition coefficient (Wildman–Crippen LogP) is 1.50. The van der Waals surface area contributed by atoms with E-state index in [9.17, 15) is 4.79 Å². The number of nitrogens with one attached hydrogen (secondary N) is 1. The Morgan fingerprint density at radius 3 is 2.80 bits per heavy atom. The maximum absolute atomic E-state index is 12.2. The van der Waals surface area contributed by atoms with Crippen molar-refractivity contribution in [2.75, 3.05) is 20.2 Å². The number of methoxy groups -OCH3 is 1. The van der Waals surface area contributed by atoms with Crippen LogP contribution in [0.3, 0.4) is 0 Å². The van der Waals surface area contributed by atoms with Crippen molar-refractivity contribution >= 4 is 5.91 Å². The highest BCUT2D eigenvalue weighted by atomic mass is 16.5. The van der Waals surface area contributed by atoms with Gasteiger partial charge in [-0.2, -0.15) is 0 Å². The number of aryl methyl sites for hydroxylation is 1. The van der Waals surface area contributed by atoms with E-state index < -0.39 is 0 Å². The lowest BCUT2D eigenvalue weighted by atomic mass is 10.2. The summed E-state index contributed by atoms with van der Waals surface area (Å²) in [6.07, 6.45) is 2.24. The van der Waals surface area contributed by atoms with Crippen LogP contribution in [0.5, 0.6) is 5.75 Å². The predicted molar refractivity (Wildman–Crippen MR) is 77.6 cm³/mol. The van der Waals surface area contributed by atoms with Crippen LogP contribution >= 0.6 is 0 Å². The van der Waals surface area contributed by atoms with Gasteiger partial charge in [0.1, 0.15) is 5.75 Å². The standard InChI is InChI=1S/C15H23N3O2/c1-11-8-14(20-3)9-13(17-11)10-16-12(2)15(19)18-6-4-5-7-18/h8-9,12,16H,4-7,10H2,1-3H3. The van der Waals surface area contributed by atoms with E-state index in [1.165, 1.54) is 0 Å². The molecule has 1 amide bonds. The fourth-order valence-electron chi connectivity index (χ4n) is 2.47. The molecule has 1 saturated heterocycles. The van der Waals surface area contributed by atoms with Crippen molar-refractivity contribution in [3.63, 3.8) is 0 Å². The van der Waals surface area contributed by atoms with E-state index in [-0.39, 0.29) is 11.9 Å². The van der Waals surface area contributed by atoms with E-state index in [0.29, 0.717) is 6.54 Å². The number of rotatable bonds is 5. The molecule has 1 aliphatic heterocycles. The Labute approximate surface area is 120 Å². The number of aromatic nitrogens is 1. The Morgan fingerprint density at radius 1 is 1.45 bits per heavy atom. The maximum atomic E-state index is 12.2. The molecule has 2 rings (SSSR count). The van der Waals surface area contributed by atoms with Gasteiger partial charge >= 0.3 is 0 Å². The number of hydrogen-bond acceptors (Lipinski definition) is 4. The van der Waals surface area contributed by atoms with E-state index in [4.69, 9.17) is 4.74 Å². The van der Waals surface area contributed by atoms with Gasteiger partial charge in [-0.3, -0.25) is 9.78 Å². The molecule has 1 aromatic heterocycles. The van der Waals surface area contributed by atoms with Crippen LogP contribution in [0.2, 0.25) is 0 Å². The molecule has 20 heavy (non-hydrogen) atoms. The molecule has 1 unspecified atom stereocenters. The van der Waals surface area contributed by atoms with Gasteiger partial charge in [0.2, 0.25) is 5.91 Å². The van der Waals surface area contributed by atoms with Crippen LogP contribution in [-0.4, -0.2) is 42.0 Å². The van der Waals surface area contributed by atoms with E-state index in [0.717, 1.165) is 43.1 Å². The molecule has 1 atom stereocenters. The second-order valence-electron chi connectivity index (χ2n) is 5.27. The zero-order valence-electron chi connectivity index (χ0n) is 12.5. The highest BCUT2D eigenvalue weighted by Crippen LogP contribution is 2.13. The molecular weight excluding hydrogens is 254 g/mol. The van der Waals surface area contributed by atoms with Crippen LogP contribution in [0.15, 0.2) is 12.1 Å². The molecule has 0 aromatic carbocycles. The van der Waals surface area contributed by atoms with Gasteiger partial charge in [0, 0.05) is 37.5 Å². The Morgan fingerprint density at radius 2 is 2.15 bits per heavy atom. The highest BCUT2D eigenvalue weighted by Gasteiger charge is 2.22. The van der Waals surface area contributed by atoms with Crippen LogP contribution in [0, 0.1) is 6.92 Å². The molecule has 110 valence electrons. The molecule has 5 nitrogen and oxygen atoms in total. The van der Waals surface area contributed by atoms with Gasteiger partial charge in [-0.1, -0.05) is 0 Å². The Hall–Kier alpha value is -1.62. The molecule has 1 fully saturated rings. The van der Waals surface area contributed by atoms with Gasteiger partial charge in [-0.15, -0.1) is 0 Å². The van der Waals surface area contributed by atoms with E-state index in [1.54, 1.807) is 7.11 Å². The highest BCUT2D eigenvalue weighted by molar-refractivity contribution is 5.81. The van der Waals surface area contributed by atoms with Crippen LogP contribution in [0.25, 0.3) is 0 Å². The van der Waals surface area contributed by atoms with E-state index in [1.807, 2.05) is 30.9 Å². The molecule has 5 heteroatoms. The minimum Gasteiger partial charge on any atom is -0.497 e. The minimum atomic E-state index is -0.179. The molecule has 0 spiro atoms. The number of nitrogens with zero attached hydrogens (tertiary/aromatic N) is 2. The Bertz CT molecular complexity index is 470. The average molecular weight is 277 g/mol. The molecule has 2 heterocycles. The van der Waals surface area contributed by atoms with Gasteiger partial charge in [-0.25, -0.2) is 0 Å². The van der Waals surface area contributed by atoms with Crippen LogP contribution in [0.4, 0.5) is 0 Å². The minimum absolute atomic E-state index is 0.179. The summed E-state index contributed by atoms with van der Waals surface area (Å²) in [4.78, 5) is 18.6. The first-order valence-electron chi connectivity index (χ1n) is 7.14. The summed E-state index contributed by atoms with van der Waals surface area (Å²) in [7, 11) is 1.64. The third-order valence-electron chi connectivity index (χ3n) is 3.59. The zero-order valence-corrected chi connectivity index (χ0v) is 12.5. The summed E-state index contributed by atoms with van der Waals surface area (Å²) < 4.78 is 5.23. The molecule has 1 aliphatic rings. The first-order chi connectivity index (χ1) is 9.60. The third-order valence-corrected chi connectivity index (χ3v) is 3.59. The average Bonchev–Trinajstić information content (AvgIpc) is 2.97. The first-order valence-corrected chi connectivity index (χ1v) is 7.14. The number of carbonyl (C=O) groups is 1. The summed E-state index contributed by atoms with van der Waals surface area (Å²) >= 11 is 0. The van der Waals surface area contributed by atoms with Crippen molar-refractivity contribution in [1.29, 1.82) is 0 Å². The van der Waals surface area contributed by atoms with Gasteiger partial charge in [0.15, 0.2) is 0 Å². The van der Waals surface area contributed by atoms with Crippen molar-refractivity contribution in [1.82, 2.24) is 15.2 Å². The van der Waals surface area contributed by atoms with Crippen LogP contribution < -0.4 is 10.1 Å². The first kappa shape index (κ1) is 14.8. The summed E-state index contributed by atoms with van der Waals surface area (Å²) in [6.45, 7) is 6.19. The molecule has 0 aliphatic carbocycles. The molecule has 0 saturated carbocycles. The number of hydrogen-bond donors (Lipinski definition) is 1. The van der Waals surface area contributed by atoms with Crippen molar-refractivity contribution in [2.45, 2.75) is 39.3 Å². The second kappa shape index (κ2) is 6.70. The number of amides is 1. The van der Waals surface area contributed by atoms with Crippen molar-refractivity contribution in [3.05, 3.63) is 23.5 Å². The van der Waals surface area contributed by atoms with E-state index >= 15 is 0 Å². The number of pyridine rings is 1. The lowest BCUT2D eigenvalue weighted by Crippen LogP contribution is -2.43. The van der Waals surface area contributed by atoms with Gasteiger partial charge in [0.25, 0.3) is 0 Å². The molecule has 0 radical (unpaired) electrons. The van der Waals surface area contributed by atoms with Gasteiger partial charge in [-0.05, 0) is 26.7 Å². The Balaban J connectivity index is 1.90. The van der Waals surface area contributed by atoms with Gasteiger partial charge in [0.05, 0.1) is 18.8 Å². The largest absolute Gasteiger partial charge is 0.497 e. The second-order valence-corrected chi connectivity index (χ2v) is 5.27. The summed E-state index contributed by atoms with van der Waals surface area (Å²) in [6, 6.07) is 3.61. The van der Waals surface area contributed by atoms with Crippen LogP contribution in [0.1, 0.15) is 31.2 Å². The molecule has 1 N–H and O–H groups in total. The SMILES string of the molecule is COc1cc(C)nc(CNC(C)C(=O)N2CCCC2)c1. The summed E-state index contributed by atoms with van der Waals surface area (Å²) in [5.74, 6) is 0.981. The number of ether oxygens (including phenoxy) is 1.